The lowest BCUT2D eigenvalue weighted by Gasteiger charge is -2.01. The quantitative estimate of drug-likeness (QED) is 0.795. The van der Waals surface area contributed by atoms with Crippen LogP contribution in [-0.2, 0) is 6.54 Å². The third-order valence-electron chi connectivity index (χ3n) is 2.21. The van der Waals surface area contributed by atoms with Crippen molar-refractivity contribution in [2.24, 2.45) is 0 Å². The molecule has 0 radical (unpaired) electrons. The Kier molecular flexibility index (Phi) is 4.05. The van der Waals surface area contributed by atoms with Gasteiger partial charge in [-0.1, -0.05) is 26.0 Å². The van der Waals surface area contributed by atoms with Crippen LogP contribution in [0.15, 0.2) is 33.9 Å². The van der Waals surface area contributed by atoms with Crippen LogP contribution >= 0.6 is 0 Å². The SMILES string of the molecule is CC.CCn1c(=O)[nH]c2ccccc2c1=O. The molecule has 2 rings (SSSR count). The van der Waals surface area contributed by atoms with Gasteiger partial charge in [0.05, 0.1) is 10.9 Å². The van der Waals surface area contributed by atoms with Crippen LogP contribution in [0.4, 0.5) is 0 Å². The van der Waals surface area contributed by atoms with Gasteiger partial charge >= 0.3 is 5.69 Å². The molecule has 0 aliphatic heterocycles. The van der Waals surface area contributed by atoms with E-state index in [4.69, 9.17) is 0 Å². The Morgan fingerprint density at radius 3 is 2.44 bits per heavy atom. The summed E-state index contributed by atoms with van der Waals surface area (Å²) in [5, 5.41) is 0.550. The van der Waals surface area contributed by atoms with Gasteiger partial charge in [-0.05, 0) is 19.1 Å². The molecule has 0 fully saturated rings. The van der Waals surface area contributed by atoms with Crippen LogP contribution in [0.3, 0.4) is 0 Å². The minimum atomic E-state index is -0.351. The maximum Gasteiger partial charge on any atom is 0.328 e. The molecular weight excluding hydrogens is 204 g/mol. The summed E-state index contributed by atoms with van der Waals surface area (Å²) in [7, 11) is 0. The minimum absolute atomic E-state index is 0.230. The van der Waals surface area contributed by atoms with Gasteiger partial charge in [0.1, 0.15) is 0 Å². The monoisotopic (exact) mass is 220 g/mol. The molecule has 1 N–H and O–H groups in total. The Labute approximate surface area is 93.6 Å². The molecule has 1 aromatic heterocycles. The van der Waals surface area contributed by atoms with Crippen LogP contribution in [0, 0.1) is 0 Å². The summed E-state index contributed by atoms with van der Waals surface area (Å²) in [5.74, 6) is 0. The summed E-state index contributed by atoms with van der Waals surface area (Å²) in [6.07, 6.45) is 0. The van der Waals surface area contributed by atoms with Crippen LogP contribution in [0.5, 0.6) is 0 Å². The summed E-state index contributed by atoms with van der Waals surface area (Å²) in [6, 6.07) is 6.99. The first-order valence-corrected chi connectivity index (χ1v) is 5.46. The zero-order valence-electron chi connectivity index (χ0n) is 9.78. The molecule has 0 amide bonds. The Morgan fingerprint density at radius 1 is 1.19 bits per heavy atom. The number of rotatable bonds is 1. The van der Waals surface area contributed by atoms with Gasteiger partial charge in [-0.3, -0.25) is 9.36 Å². The number of aromatic nitrogens is 2. The fraction of sp³-hybridized carbons (Fsp3) is 0.333. The molecular formula is C12H16N2O2. The first-order valence-electron chi connectivity index (χ1n) is 5.46. The van der Waals surface area contributed by atoms with Gasteiger partial charge in [0.25, 0.3) is 5.56 Å². The van der Waals surface area contributed by atoms with E-state index in [0.717, 1.165) is 0 Å². The Morgan fingerprint density at radius 2 is 1.81 bits per heavy atom. The topological polar surface area (TPSA) is 54.9 Å². The van der Waals surface area contributed by atoms with Crippen molar-refractivity contribution < 1.29 is 0 Å². The molecule has 1 heterocycles. The molecule has 86 valence electrons. The Bertz CT molecular complexity index is 581. The van der Waals surface area contributed by atoms with Crippen LogP contribution in [0.25, 0.3) is 10.9 Å². The van der Waals surface area contributed by atoms with Crippen LogP contribution in [0.1, 0.15) is 20.8 Å². The van der Waals surface area contributed by atoms with Crippen molar-refractivity contribution in [3.8, 4) is 0 Å². The number of nitrogens with one attached hydrogen (secondary N) is 1. The molecule has 0 bridgehead atoms. The van der Waals surface area contributed by atoms with Gasteiger partial charge in [-0.2, -0.15) is 0 Å². The van der Waals surface area contributed by atoms with Crippen LogP contribution < -0.4 is 11.2 Å². The molecule has 0 unspecified atom stereocenters. The van der Waals surface area contributed by atoms with Crippen molar-refractivity contribution in [1.29, 1.82) is 0 Å². The van der Waals surface area contributed by atoms with Crippen molar-refractivity contribution in [3.63, 3.8) is 0 Å². The van der Waals surface area contributed by atoms with Crippen molar-refractivity contribution in [3.05, 3.63) is 45.1 Å². The third kappa shape index (κ3) is 2.05. The van der Waals surface area contributed by atoms with E-state index in [9.17, 15) is 9.59 Å². The highest BCUT2D eigenvalue weighted by atomic mass is 16.2. The van der Waals surface area contributed by atoms with E-state index in [1.807, 2.05) is 13.8 Å². The number of hydrogen-bond donors (Lipinski definition) is 1. The second kappa shape index (κ2) is 5.30. The Balaban J connectivity index is 0.000000606. The minimum Gasteiger partial charge on any atom is -0.307 e. The van der Waals surface area contributed by atoms with Crippen molar-refractivity contribution in [1.82, 2.24) is 9.55 Å². The van der Waals surface area contributed by atoms with Gasteiger partial charge in [-0.25, -0.2) is 4.79 Å². The highest BCUT2D eigenvalue weighted by Crippen LogP contribution is 2.02. The maximum atomic E-state index is 11.7. The lowest BCUT2D eigenvalue weighted by molar-refractivity contribution is 0.684. The highest BCUT2D eigenvalue weighted by Gasteiger charge is 2.03. The van der Waals surface area contributed by atoms with Crippen molar-refractivity contribution in [2.45, 2.75) is 27.3 Å². The molecule has 2 aromatic rings. The zero-order chi connectivity index (χ0) is 12.1. The lowest BCUT2D eigenvalue weighted by Crippen LogP contribution is -2.34. The van der Waals surface area contributed by atoms with E-state index in [2.05, 4.69) is 4.98 Å². The Hall–Kier alpha value is -1.84. The molecule has 0 aliphatic carbocycles. The first-order chi connectivity index (χ1) is 7.74. The van der Waals surface area contributed by atoms with E-state index in [0.29, 0.717) is 17.4 Å². The lowest BCUT2D eigenvalue weighted by atomic mass is 10.2. The summed E-state index contributed by atoms with van der Waals surface area (Å²) in [5.41, 5.74) is 0.00949. The van der Waals surface area contributed by atoms with Gasteiger partial charge in [0.15, 0.2) is 0 Å². The molecule has 1 aromatic carbocycles. The normalized spacial score (nSPS) is 9.69. The predicted octanol–water partition coefficient (Wildman–Crippen LogP) is 1.74. The number of para-hydroxylation sites is 1. The standard InChI is InChI=1S/C10H10N2O2.C2H6/c1-2-12-9(13)7-5-3-4-6-8(7)11-10(12)14;1-2/h3-6H,2H2,1H3,(H,11,14);1-2H3. The molecule has 0 aliphatic rings. The predicted molar refractivity (Wildman–Crippen MR) is 65.9 cm³/mol. The number of fused-ring (bicyclic) bond motifs is 1. The number of H-pyrrole nitrogens is 1. The zero-order valence-corrected chi connectivity index (χ0v) is 9.78. The average molecular weight is 220 g/mol. The average Bonchev–Trinajstić information content (AvgIpc) is 2.32. The second-order valence-corrected chi connectivity index (χ2v) is 3.03. The molecule has 16 heavy (non-hydrogen) atoms. The molecule has 0 spiro atoms. The first kappa shape index (κ1) is 12.2. The van der Waals surface area contributed by atoms with E-state index in [1.54, 1.807) is 31.2 Å². The fourth-order valence-corrected chi connectivity index (χ4v) is 1.49. The molecule has 4 nitrogen and oxygen atoms in total. The smallest absolute Gasteiger partial charge is 0.307 e. The summed E-state index contributed by atoms with van der Waals surface area (Å²) >= 11 is 0. The van der Waals surface area contributed by atoms with E-state index in [1.165, 1.54) is 4.57 Å². The molecule has 0 saturated carbocycles. The van der Waals surface area contributed by atoms with Crippen LogP contribution in [-0.4, -0.2) is 9.55 Å². The molecule has 0 atom stereocenters. The van der Waals surface area contributed by atoms with Gasteiger partial charge in [0, 0.05) is 6.54 Å². The van der Waals surface area contributed by atoms with E-state index >= 15 is 0 Å². The van der Waals surface area contributed by atoms with Gasteiger partial charge in [0.2, 0.25) is 0 Å². The van der Waals surface area contributed by atoms with Crippen molar-refractivity contribution in [2.75, 3.05) is 0 Å². The van der Waals surface area contributed by atoms with E-state index in [-0.39, 0.29) is 11.2 Å². The number of hydrogen-bond acceptors (Lipinski definition) is 2. The summed E-state index contributed by atoms with van der Waals surface area (Å²) in [4.78, 5) is 25.8. The fourth-order valence-electron chi connectivity index (χ4n) is 1.49. The van der Waals surface area contributed by atoms with Crippen LogP contribution in [0.2, 0.25) is 0 Å². The molecule has 4 heteroatoms. The summed E-state index contributed by atoms with van der Waals surface area (Å²) < 4.78 is 1.18. The highest BCUT2D eigenvalue weighted by molar-refractivity contribution is 5.76. The van der Waals surface area contributed by atoms with Gasteiger partial charge in [-0.15, -0.1) is 0 Å². The van der Waals surface area contributed by atoms with Gasteiger partial charge < -0.3 is 4.98 Å². The molecule has 0 saturated heterocycles. The summed E-state index contributed by atoms with van der Waals surface area (Å²) in [6.45, 7) is 6.16. The largest absolute Gasteiger partial charge is 0.328 e. The second-order valence-electron chi connectivity index (χ2n) is 3.03. The number of benzene rings is 1. The number of aromatic amines is 1. The van der Waals surface area contributed by atoms with E-state index < -0.39 is 0 Å². The maximum absolute atomic E-state index is 11.7. The number of nitrogens with zero attached hydrogens (tertiary/aromatic N) is 1. The van der Waals surface area contributed by atoms with Crippen molar-refractivity contribution >= 4 is 10.9 Å². The third-order valence-corrected chi connectivity index (χ3v) is 2.21.